The van der Waals surface area contributed by atoms with Crippen LogP contribution in [-0.4, -0.2) is 18.6 Å². The third-order valence-corrected chi connectivity index (χ3v) is 3.96. The predicted octanol–water partition coefficient (Wildman–Crippen LogP) is 3.48. The largest absolute Gasteiger partial charge is 0.493 e. The van der Waals surface area contributed by atoms with Crippen LogP contribution < -0.4 is 14.8 Å². The molecule has 4 heteroatoms. The summed E-state index contributed by atoms with van der Waals surface area (Å²) in [5, 5.41) is 3.10. The Morgan fingerprint density at radius 3 is 2.74 bits per heavy atom. The molecule has 1 N–H and O–H groups in total. The van der Waals surface area contributed by atoms with Crippen molar-refractivity contribution in [3.63, 3.8) is 0 Å². The second kappa shape index (κ2) is 7.18. The zero-order valence-corrected chi connectivity index (χ0v) is 13.2. The molecule has 3 rings (SSSR count). The molecule has 0 unspecified atom stereocenters. The molecule has 120 valence electrons. The lowest BCUT2D eigenvalue weighted by Gasteiger charge is -2.28. The maximum absolute atomic E-state index is 12.6. The topological polar surface area (TPSA) is 47.6 Å². The lowest BCUT2D eigenvalue weighted by molar-refractivity contribution is -0.129. The number of amides is 1. The molecule has 0 saturated carbocycles. The third-order valence-electron chi connectivity index (χ3n) is 3.96. The highest BCUT2D eigenvalue weighted by Gasteiger charge is 2.26. The first-order valence-corrected chi connectivity index (χ1v) is 8.01. The predicted molar refractivity (Wildman–Crippen MR) is 88.6 cm³/mol. The maximum atomic E-state index is 12.6. The Balaban J connectivity index is 1.68. The average Bonchev–Trinajstić information content (AvgIpc) is 2.61. The Hall–Kier alpha value is -2.49. The number of rotatable bonds is 5. The highest BCUT2D eigenvalue weighted by atomic mass is 16.5. The summed E-state index contributed by atoms with van der Waals surface area (Å²) in [6.45, 7) is 2.56. The summed E-state index contributed by atoms with van der Waals surface area (Å²) in [6, 6.07) is 17.3. The van der Waals surface area contributed by atoms with E-state index in [2.05, 4.69) is 5.32 Å². The molecule has 0 bridgehead atoms. The van der Waals surface area contributed by atoms with Crippen molar-refractivity contribution in [2.45, 2.75) is 31.9 Å². The number of hydrogen-bond acceptors (Lipinski definition) is 3. The first-order chi connectivity index (χ1) is 11.3. The molecule has 2 atom stereocenters. The van der Waals surface area contributed by atoms with Crippen LogP contribution in [0.25, 0.3) is 0 Å². The molecule has 0 radical (unpaired) electrons. The number of nitrogens with one attached hydrogen (secondary N) is 1. The smallest absolute Gasteiger partial charge is 0.261 e. The molecule has 0 fully saturated rings. The van der Waals surface area contributed by atoms with Crippen LogP contribution in [0, 0.1) is 0 Å². The minimum atomic E-state index is -0.493. The Kier molecular flexibility index (Phi) is 4.81. The number of para-hydroxylation sites is 2. The molecule has 23 heavy (non-hydrogen) atoms. The van der Waals surface area contributed by atoms with E-state index in [1.54, 1.807) is 0 Å². The van der Waals surface area contributed by atoms with Crippen LogP contribution in [0.2, 0.25) is 0 Å². The van der Waals surface area contributed by atoms with Gasteiger partial charge >= 0.3 is 0 Å². The maximum Gasteiger partial charge on any atom is 0.261 e. The first-order valence-electron chi connectivity index (χ1n) is 8.01. The van der Waals surface area contributed by atoms with Gasteiger partial charge in [-0.15, -0.1) is 0 Å². The number of fused-ring (bicyclic) bond motifs is 1. The summed E-state index contributed by atoms with van der Waals surface area (Å²) in [5.41, 5.74) is 1.03. The van der Waals surface area contributed by atoms with E-state index in [0.29, 0.717) is 18.8 Å². The molecule has 0 aliphatic carbocycles. The van der Waals surface area contributed by atoms with Crippen LogP contribution >= 0.6 is 0 Å². The van der Waals surface area contributed by atoms with Gasteiger partial charge in [0.2, 0.25) is 0 Å². The summed E-state index contributed by atoms with van der Waals surface area (Å²) in [4.78, 5) is 12.6. The summed E-state index contributed by atoms with van der Waals surface area (Å²) < 4.78 is 11.4. The lowest BCUT2D eigenvalue weighted by Crippen LogP contribution is -2.41. The third kappa shape index (κ3) is 3.65. The van der Waals surface area contributed by atoms with E-state index < -0.39 is 6.10 Å². The van der Waals surface area contributed by atoms with E-state index in [4.69, 9.17) is 9.47 Å². The minimum Gasteiger partial charge on any atom is -0.493 e. The van der Waals surface area contributed by atoms with E-state index in [0.717, 1.165) is 17.7 Å². The van der Waals surface area contributed by atoms with Gasteiger partial charge < -0.3 is 14.8 Å². The van der Waals surface area contributed by atoms with E-state index in [-0.39, 0.29) is 11.9 Å². The average molecular weight is 311 g/mol. The van der Waals surface area contributed by atoms with Crippen molar-refractivity contribution in [2.75, 3.05) is 6.61 Å². The molecule has 0 saturated heterocycles. The van der Waals surface area contributed by atoms with Crippen LogP contribution in [0.5, 0.6) is 11.5 Å². The van der Waals surface area contributed by atoms with Crippen LogP contribution in [0.15, 0.2) is 54.6 Å². The van der Waals surface area contributed by atoms with Gasteiger partial charge in [0.15, 0.2) is 6.10 Å². The molecule has 1 aliphatic rings. The summed E-state index contributed by atoms with van der Waals surface area (Å²) in [5.74, 6) is 1.47. The number of hydrogen-bond donors (Lipinski definition) is 1. The molecular formula is C19H21NO3. The Bertz CT molecular complexity index is 657. The van der Waals surface area contributed by atoms with E-state index in [9.17, 15) is 4.79 Å². The Morgan fingerprint density at radius 2 is 1.96 bits per heavy atom. The molecular weight excluding hydrogens is 290 g/mol. The molecule has 1 heterocycles. The molecule has 2 aromatic rings. The molecule has 2 aromatic carbocycles. The Morgan fingerprint density at radius 1 is 1.22 bits per heavy atom. The number of carbonyl (C=O) groups is 1. The fourth-order valence-corrected chi connectivity index (χ4v) is 2.74. The summed E-state index contributed by atoms with van der Waals surface area (Å²) >= 11 is 0. The molecule has 0 spiro atoms. The lowest BCUT2D eigenvalue weighted by atomic mass is 10.0. The molecule has 1 aliphatic heterocycles. The fraction of sp³-hybridized carbons (Fsp3) is 0.316. The van der Waals surface area contributed by atoms with Crippen molar-refractivity contribution in [2.24, 2.45) is 0 Å². The van der Waals surface area contributed by atoms with E-state index in [1.165, 1.54) is 0 Å². The first kappa shape index (κ1) is 15.4. The Labute approximate surface area is 136 Å². The number of carbonyl (C=O) groups excluding carboxylic acids is 1. The van der Waals surface area contributed by atoms with E-state index in [1.807, 2.05) is 61.5 Å². The van der Waals surface area contributed by atoms with Gasteiger partial charge in [-0.2, -0.15) is 0 Å². The van der Waals surface area contributed by atoms with Crippen molar-refractivity contribution in [1.29, 1.82) is 0 Å². The normalized spacial score (nSPS) is 17.5. The summed E-state index contributed by atoms with van der Waals surface area (Å²) in [6.07, 6.45) is 0.892. The van der Waals surface area contributed by atoms with E-state index >= 15 is 0 Å². The van der Waals surface area contributed by atoms with Crippen molar-refractivity contribution >= 4 is 5.91 Å². The van der Waals surface area contributed by atoms with Gasteiger partial charge in [-0.3, -0.25) is 4.79 Å². The van der Waals surface area contributed by atoms with Crippen LogP contribution in [0.1, 0.15) is 31.4 Å². The highest BCUT2D eigenvalue weighted by molar-refractivity contribution is 5.81. The molecule has 1 amide bonds. The minimum absolute atomic E-state index is 0.0270. The summed E-state index contributed by atoms with van der Waals surface area (Å²) in [7, 11) is 0. The van der Waals surface area contributed by atoms with Crippen molar-refractivity contribution in [3.05, 3.63) is 60.2 Å². The molecule has 4 nitrogen and oxygen atoms in total. The van der Waals surface area contributed by atoms with Crippen molar-refractivity contribution in [1.82, 2.24) is 5.32 Å². The monoisotopic (exact) mass is 311 g/mol. The number of ether oxygens (including phenoxy) is 2. The van der Waals surface area contributed by atoms with Gasteiger partial charge in [0.05, 0.1) is 12.6 Å². The zero-order valence-electron chi connectivity index (χ0n) is 13.2. The zero-order chi connectivity index (χ0) is 16.1. The van der Waals surface area contributed by atoms with Gasteiger partial charge in [0.1, 0.15) is 11.5 Å². The SMILES string of the molecule is CC[C@H](Oc1ccccc1)C(=O)N[C@H]1CCOc2ccccc21. The second-order valence-electron chi connectivity index (χ2n) is 5.56. The second-order valence-corrected chi connectivity index (χ2v) is 5.56. The van der Waals surface area contributed by atoms with Gasteiger partial charge in [-0.1, -0.05) is 43.3 Å². The van der Waals surface area contributed by atoms with Gasteiger partial charge in [0.25, 0.3) is 5.91 Å². The van der Waals surface area contributed by atoms with Gasteiger partial charge in [-0.05, 0) is 24.6 Å². The van der Waals surface area contributed by atoms with Gasteiger partial charge in [0, 0.05) is 12.0 Å². The standard InChI is InChI=1S/C19H21NO3/c1-2-17(23-14-8-4-3-5-9-14)19(21)20-16-12-13-22-18-11-7-6-10-15(16)18/h3-11,16-17H,2,12-13H2,1H3,(H,20,21)/t16-,17-/m0/s1. The van der Waals surface area contributed by atoms with Crippen LogP contribution in [0.4, 0.5) is 0 Å². The quantitative estimate of drug-likeness (QED) is 0.919. The van der Waals surface area contributed by atoms with Gasteiger partial charge in [-0.25, -0.2) is 0 Å². The van der Waals surface area contributed by atoms with Crippen molar-refractivity contribution < 1.29 is 14.3 Å². The number of benzene rings is 2. The van der Waals surface area contributed by atoms with Crippen LogP contribution in [-0.2, 0) is 4.79 Å². The fourth-order valence-electron chi connectivity index (χ4n) is 2.74. The van der Waals surface area contributed by atoms with Crippen LogP contribution in [0.3, 0.4) is 0 Å². The highest BCUT2D eigenvalue weighted by Crippen LogP contribution is 2.31. The molecule has 0 aromatic heterocycles. The van der Waals surface area contributed by atoms with Crippen molar-refractivity contribution in [3.8, 4) is 11.5 Å².